The van der Waals surface area contributed by atoms with Crippen molar-refractivity contribution < 1.29 is 14.6 Å². The highest BCUT2D eigenvalue weighted by molar-refractivity contribution is 7.09. The first-order chi connectivity index (χ1) is 9.28. The maximum absolute atomic E-state index is 11.8. The van der Waals surface area contributed by atoms with Gasteiger partial charge < -0.3 is 15.2 Å². The normalized spacial score (nSPS) is 20.4. The van der Waals surface area contributed by atoms with Crippen molar-refractivity contribution in [1.82, 2.24) is 10.2 Å². The Morgan fingerprint density at radius 1 is 1.63 bits per heavy atom. The molecule has 2 N–H and O–H groups in total. The van der Waals surface area contributed by atoms with E-state index < -0.39 is 0 Å². The summed E-state index contributed by atoms with van der Waals surface area (Å²) >= 11 is 1.71. The number of aliphatic hydroxyl groups is 1. The van der Waals surface area contributed by atoms with Gasteiger partial charge in [0.05, 0.1) is 25.9 Å². The molecule has 0 bridgehead atoms. The second-order valence-electron chi connectivity index (χ2n) is 4.59. The van der Waals surface area contributed by atoms with Crippen molar-refractivity contribution in [2.24, 2.45) is 0 Å². The maximum Gasteiger partial charge on any atom is 0.234 e. The fraction of sp³-hybridized carbons (Fsp3) is 0.615. The third-order valence-corrected chi connectivity index (χ3v) is 4.00. The van der Waals surface area contributed by atoms with Gasteiger partial charge in [-0.15, -0.1) is 11.3 Å². The summed E-state index contributed by atoms with van der Waals surface area (Å²) in [5.41, 5.74) is 0. The van der Waals surface area contributed by atoms with E-state index in [2.05, 4.69) is 11.4 Å². The predicted molar refractivity (Wildman–Crippen MR) is 74.3 cm³/mol. The lowest BCUT2D eigenvalue weighted by atomic mass is 10.3. The molecule has 6 heteroatoms. The lowest BCUT2D eigenvalue weighted by molar-refractivity contribution is -0.124. The third kappa shape index (κ3) is 4.91. The van der Waals surface area contributed by atoms with Gasteiger partial charge in [0.1, 0.15) is 0 Å². The van der Waals surface area contributed by atoms with Gasteiger partial charge in [-0.2, -0.15) is 0 Å². The molecule has 1 saturated heterocycles. The maximum atomic E-state index is 11.8. The van der Waals surface area contributed by atoms with E-state index in [9.17, 15) is 4.79 Å². The first-order valence-corrected chi connectivity index (χ1v) is 7.40. The molecule has 1 unspecified atom stereocenters. The van der Waals surface area contributed by atoms with Crippen molar-refractivity contribution in [1.29, 1.82) is 0 Å². The van der Waals surface area contributed by atoms with Gasteiger partial charge in [-0.05, 0) is 17.9 Å². The Balaban J connectivity index is 1.63. The molecule has 0 spiro atoms. The number of thiophene rings is 1. The third-order valence-electron chi connectivity index (χ3n) is 3.07. The average Bonchev–Trinajstić information content (AvgIpc) is 2.92. The lowest BCUT2D eigenvalue weighted by Gasteiger charge is -2.31. The SMILES string of the molecule is O=C(CN1CCOC(CO)C1)NCCc1cccs1. The molecule has 0 saturated carbocycles. The fourth-order valence-electron chi connectivity index (χ4n) is 2.07. The van der Waals surface area contributed by atoms with Crippen LogP contribution >= 0.6 is 11.3 Å². The molecule has 1 aliphatic rings. The summed E-state index contributed by atoms with van der Waals surface area (Å²) in [7, 11) is 0. The summed E-state index contributed by atoms with van der Waals surface area (Å²) in [6.45, 7) is 3.01. The summed E-state index contributed by atoms with van der Waals surface area (Å²) in [6.07, 6.45) is 0.721. The first-order valence-electron chi connectivity index (χ1n) is 6.52. The number of nitrogens with zero attached hydrogens (tertiary/aromatic N) is 1. The Morgan fingerprint density at radius 2 is 2.53 bits per heavy atom. The highest BCUT2D eigenvalue weighted by atomic mass is 32.1. The van der Waals surface area contributed by atoms with Crippen molar-refractivity contribution in [3.63, 3.8) is 0 Å². The fourth-order valence-corrected chi connectivity index (χ4v) is 2.78. The van der Waals surface area contributed by atoms with Crippen LogP contribution in [0.25, 0.3) is 0 Å². The first kappa shape index (κ1) is 14.5. The summed E-state index contributed by atoms with van der Waals surface area (Å²) in [5.74, 6) is 0.0372. The van der Waals surface area contributed by atoms with Crippen LogP contribution in [0.5, 0.6) is 0 Å². The van der Waals surface area contributed by atoms with E-state index >= 15 is 0 Å². The predicted octanol–water partition coefficient (Wildman–Crippen LogP) is 0.0999. The minimum atomic E-state index is -0.160. The summed E-state index contributed by atoms with van der Waals surface area (Å²) in [6, 6.07) is 4.09. The lowest BCUT2D eigenvalue weighted by Crippen LogP contribution is -2.48. The molecule has 1 atom stereocenters. The molecule has 1 fully saturated rings. The molecule has 1 aromatic rings. The molecular formula is C13H20N2O3S. The van der Waals surface area contributed by atoms with E-state index in [0.717, 1.165) is 13.0 Å². The number of carbonyl (C=O) groups excluding carboxylic acids is 1. The number of carbonyl (C=O) groups is 1. The van der Waals surface area contributed by atoms with Crippen LogP contribution in [0.2, 0.25) is 0 Å². The van der Waals surface area contributed by atoms with E-state index in [0.29, 0.717) is 26.2 Å². The highest BCUT2D eigenvalue weighted by Gasteiger charge is 2.21. The number of aliphatic hydroxyl groups excluding tert-OH is 1. The van der Waals surface area contributed by atoms with Gasteiger partial charge >= 0.3 is 0 Å². The smallest absolute Gasteiger partial charge is 0.234 e. The Bertz CT molecular complexity index is 383. The molecule has 106 valence electrons. The van der Waals surface area contributed by atoms with E-state index in [4.69, 9.17) is 9.84 Å². The van der Waals surface area contributed by atoms with Crippen molar-refractivity contribution in [2.75, 3.05) is 39.4 Å². The van der Waals surface area contributed by atoms with Crippen LogP contribution in [-0.4, -0.2) is 61.4 Å². The summed E-state index contributed by atoms with van der Waals surface area (Å²) in [4.78, 5) is 15.1. The number of hydrogen-bond donors (Lipinski definition) is 2. The zero-order valence-corrected chi connectivity index (χ0v) is 11.7. The largest absolute Gasteiger partial charge is 0.394 e. The topological polar surface area (TPSA) is 61.8 Å². The quantitative estimate of drug-likeness (QED) is 0.778. The molecule has 1 aromatic heterocycles. The standard InChI is InChI=1S/C13H20N2O3S/c16-10-11-8-15(5-6-18-11)9-13(17)14-4-3-12-2-1-7-19-12/h1-2,7,11,16H,3-6,8-10H2,(H,14,17). The van der Waals surface area contributed by atoms with Crippen LogP contribution in [0.3, 0.4) is 0 Å². The van der Waals surface area contributed by atoms with E-state index in [1.807, 2.05) is 16.3 Å². The van der Waals surface area contributed by atoms with Gasteiger partial charge in [0.15, 0.2) is 0 Å². The van der Waals surface area contributed by atoms with Crippen molar-refractivity contribution in [3.8, 4) is 0 Å². The molecule has 5 nitrogen and oxygen atoms in total. The zero-order chi connectivity index (χ0) is 13.5. The number of rotatable bonds is 6. The average molecular weight is 284 g/mol. The van der Waals surface area contributed by atoms with Crippen LogP contribution in [0.1, 0.15) is 4.88 Å². The van der Waals surface area contributed by atoms with Crippen LogP contribution in [0.4, 0.5) is 0 Å². The number of amides is 1. The van der Waals surface area contributed by atoms with Crippen molar-refractivity contribution >= 4 is 17.2 Å². The number of ether oxygens (including phenoxy) is 1. The Labute approximate surface area is 117 Å². The Morgan fingerprint density at radius 3 is 3.26 bits per heavy atom. The molecule has 2 rings (SSSR count). The molecule has 1 amide bonds. The Hall–Kier alpha value is -0.950. The van der Waals surface area contributed by atoms with Crippen molar-refractivity contribution in [3.05, 3.63) is 22.4 Å². The summed E-state index contributed by atoms with van der Waals surface area (Å²) < 4.78 is 5.35. The molecule has 0 radical (unpaired) electrons. The van der Waals surface area contributed by atoms with Gasteiger partial charge in [-0.25, -0.2) is 0 Å². The molecule has 19 heavy (non-hydrogen) atoms. The van der Waals surface area contributed by atoms with Crippen LogP contribution in [0.15, 0.2) is 17.5 Å². The van der Waals surface area contributed by atoms with Crippen LogP contribution < -0.4 is 5.32 Å². The van der Waals surface area contributed by atoms with Gasteiger partial charge in [0.25, 0.3) is 0 Å². The van der Waals surface area contributed by atoms with Crippen LogP contribution in [-0.2, 0) is 16.0 Å². The highest BCUT2D eigenvalue weighted by Crippen LogP contribution is 2.08. The monoisotopic (exact) mass is 284 g/mol. The molecular weight excluding hydrogens is 264 g/mol. The minimum Gasteiger partial charge on any atom is -0.394 e. The number of hydrogen-bond acceptors (Lipinski definition) is 5. The zero-order valence-electron chi connectivity index (χ0n) is 10.9. The van der Waals surface area contributed by atoms with Crippen LogP contribution in [0, 0.1) is 0 Å². The van der Waals surface area contributed by atoms with Gasteiger partial charge in [-0.1, -0.05) is 6.07 Å². The molecule has 0 aromatic carbocycles. The number of nitrogens with one attached hydrogen (secondary N) is 1. The summed E-state index contributed by atoms with van der Waals surface area (Å²) in [5, 5.41) is 14.0. The second-order valence-corrected chi connectivity index (χ2v) is 5.62. The second kappa shape index (κ2) is 7.59. The van der Waals surface area contributed by atoms with Gasteiger partial charge in [0, 0.05) is 24.5 Å². The van der Waals surface area contributed by atoms with Crippen molar-refractivity contribution in [2.45, 2.75) is 12.5 Å². The van der Waals surface area contributed by atoms with E-state index in [-0.39, 0.29) is 18.6 Å². The molecule has 1 aliphatic heterocycles. The molecule has 0 aliphatic carbocycles. The Kier molecular flexibility index (Phi) is 5.78. The van der Waals surface area contributed by atoms with E-state index in [1.54, 1.807) is 11.3 Å². The van der Waals surface area contributed by atoms with E-state index in [1.165, 1.54) is 4.88 Å². The molecule has 2 heterocycles. The number of morpholine rings is 1. The van der Waals surface area contributed by atoms with Gasteiger partial charge in [-0.3, -0.25) is 9.69 Å². The van der Waals surface area contributed by atoms with Gasteiger partial charge in [0.2, 0.25) is 5.91 Å². The minimum absolute atomic E-state index is 0.0104.